The van der Waals surface area contributed by atoms with Crippen LogP contribution in [-0.2, 0) is 12.1 Å². The summed E-state index contributed by atoms with van der Waals surface area (Å²) in [5, 5.41) is 8.84. The van der Waals surface area contributed by atoms with Gasteiger partial charge in [-0.3, -0.25) is 14.5 Å². The molecule has 1 saturated carbocycles. The van der Waals surface area contributed by atoms with Crippen LogP contribution in [0, 0.1) is 0 Å². The van der Waals surface area contributed by atoms with Crippen molar-refractivity contribution in [2.24, 2.45) is 0 Å². The topological polar surface area (TPSA) is 59.8 Å². The number of para-hydroxylation sites is 1. The molecule has 5 heteroatoms. The molecule has 0 saturated heterocycles. The second kappa shape index (κ2) is 6.24. The molecule has 1 fully saturated rings. The number of aromatic nitrogens is 3. The van der Waals surface area contributed by atoms with Crippen LogP contribution < -0.4 is 5.32 Å². The molecule has 0 radical (unpaired) electrons. The molecule has 1 amide bonds. The zero-order valence-corrected chi connectivity index (χ0v) is 15.5. The fourth-order valence-electron chi connectivity index (χ4n) is 3.23. The van der Waals surface area contributed by atoms with Crippen LogP contribution in [0.2, 0.25) is 0 Å². The maximum atomic E-state index is 12.9. The first-order valence-corrected chi connectivity index (χ1v) is 9.15. The molecule has 2 heterocycles. The van der Waals surface area contributed by atoms with Crippen LogP contribution in [0.1, 0.15) is 61.3 Å². The van der Waals surface area contributed by atoms with E-state index in [0.717, 1.165) is 22.2 Å². The van der Waals surface area contributed by atoms with E-state index in [1.54, 1.807) is 6.20 Å². The number of pyridine rings is 1. The maximum Gasteiger partial charge on any atom is 0.269 e. The normalized spacial score (nSPS) is 14.6. The molecule has 0 unspecified atom stereocenters. The Morgan fingerprint density at radius 1 is 1.23 bits per heavy atom. The highest BCUT2D eigenvalue weighted by Crippen LogP contribution is 2.40. The minimum atomic E-state index is -0.235. The summed E-state index contributed by atoms with van der Waals surface area (Å²) in [6, 6.07) is 11.9. The highest BCUT2D eigenvalue weighted by Gasteiger charge is 2.31. The first kappa shape index (κ1) is 16.8. The van der Waals surface area contributed by atoms with E-state index in [9.17, 15) is 4.79 Å². The Morgan fingerprint density at radius 3 is 2.73 bits per heavy atom. The fraction of sp³-hybridized carbons (Fsp3) is 0.381. The SMILES string of the molecule is CC(C)(C)n1nc(C2CC2)cc1C(=O)NCc1cccc2cccnc12. The van der Waals surface area contributed by atoms with Crippen LogP contribution in [-0.4, -0.2) is 20.7 Å². The van der Waals surface area contributed by atoms with Gasteiger partial charge >= 0.3 is 0 Å². The lowest BCUT2D eigenvalue weighted by atomic mass is 10.1. The van der Waals surface area contributed by atoms with Crippen molar-refractivity contribution in [1.29, 1.82) is 0 Å². The number of hydrogen-bond donors (Lipinski definition) is 1. The molecule has 0 aliphatic heterocycles. The summed E-state index contributed by atoms with van der Waals surface area (Å²) >= 11 is 0. The standard InChI is InChI=1S/C21H24N4O/c1-21(2,3)25-18(12-17(24-25)14-9-10-14)20(26)23-13-16-7-4-6-15-8-5-11-22-19(15)16/h4-8,11-12,14H,9-10,13H2,1-3H3,(H,23,26). The van der Waals surface area contributed by atoms with Gasteiger partial charge in [-0.25, -0.2) is 0 Å². The third-order valence-corrected chi connectivity index (χ3v) is 4.75. The van der Waals surface area contributed by atoms with Crippen molar-refractivity contribution in [2.45, 2.75) is 51.6 Å². The average Bonchev–Trinajstić information content (AvgIpc) is 3.36. The molecule has 1 aromatic carbocycles. The van der Waals surface area contributed by atoms with Gasteiger partial charge in [0, 0.05) is 24.0 Å². The van der Waals surface area contributed by atoms with Crippen LogP contribution >= 0.6 is 0 Å². The van der Waals surface area contributed by atoms with Crippen LogP contribution in [0.25, 0.3) is 10.9 Å². The molecular weight excluding hydrogens is 324 g/mol. The monoisotopic (exact) mass is 348 g/mol. The van der Waals surface area contributed by atoms with Gasteiger partial charge in [-0.1, -0.05) is 24.3 Å². The second-order valence-corrected chi connectivity index (χ2v) is 7.99. The Kier molecular flexibility index (Phi) is 4.02. The predicted octanol–water partition coefficient (Wildman–Crippen LogP) is 3.99. The zero-order chi connectivity index (χ0) is 18.3. The predicted molar refractivity (Wildman–Crippen MR) is 102 cm³/mol. The van der Waals surface area contributed by atoms with Crippen LogP contribution in [0.3, 0.4) is 0 Å². The van der Waals surface area contributed by atoms with E-state index in [1.807, 2.05) is 41.1 Å². The van der Waals surface area contributed by atoms with Crippen LogP contribution in [0.15, 0.2) is 42.6 Å². The van der Waals surface area contributed by atoms with Crippen molar-refractivity contribution in [3.63, 3.8) is 0 Å². The summed E-state index contributed by atoms with van der Waals surface area (Å²) in [4.78, 5) is 17.3. The van der Waals surface area contributed by atoms with E-state index in [0.29, 0.717) is 18.2 Å². The van der Waals surface area contributed by atoms with E-state index in [4.69, 9.17) is 5.10 Å². The number of nitrogens with zero attached hydrogens (tertiary/aromatic N) is 3. The molecule has 1 N–H and O–H groups in total. The summed E-state index contributed by atoms with van der Waals surface area (Å²) in [5.74, 6) is 0.430. The molecule has 0 atom stereocenters. The molecule has 26 heavy (non-hydrogen) atoms. The summed E-state index contributed by atoms with van der Waals surface area (Å²) in [7, 11) is 0. The van der Waals surface area contributed by atoms with E-state index >= 15 is 0 Å². The number of rotatable bonds is 4. The Balaban J connectivity index is 1.58. The molecule has 0 spiro atoms. The van der Waals surface area contributed by atoms with Crippen molar-refractivity contribution in [2.75, 3.05) is 0 Å². The van der Waals surface area contributed by atoms with Crippen molar-refractivity contribution < 1.29 is 4.79 Å². The number of carbonyl (C=O) groups is 1. The summed E-state index contributed by atoms with van der Waals surface area (Å²) < 4.78 is 1.86. The van der Waals surface area contributed by atoms with Crippen molar-refractivity contribution in [3.05, 3.63) is 59.5 Å². The molecule has 0 bridgehead atoms. The molecule has 134 valence electrons. The van der Waals surface area contributed by atoms with Crippen molar-refractivity contribution in [1.82, 2.24) is 20.1 Å². The van der Waals surface area contributed by atoms with E-state index in [1.165, 1.54) is 12.8 Å². The Morgan fingerprint density at radius 2 is 2.00 bits per heavy atom. The minimum absolute atomic E-state index is 0.0905. The van der Waals surface area contributed by atoms with E-state index in [-0.39, 0.29) is 11.4 Å². The molecule has 3 aromatic rings. The first-order chi connectivity index (χ1) is 12.4. The van der Waals surface area contributed by atoms with Gasteiger partial charge in [0.15, 0.2) is 0 Å². The first-order valence-electron chi connectivity index (χ1n) is 9.15. The number of nitrogens with one attached hydrogen (secondary N) is 1. The third-order valence-electron chi connectivity index (χ3n) is 4.75. The van der Waals surface area contributed by atoms with Gasteiger partial charge in [0.25, 0.3) is 5.91 Å². The molecule has 5 nitrogen and oxygen atoms in total. The molecule has 1 aliphatic carbocycles. The lowest BCUT2D eigenvalue weighted by molar-refractivity contribution is 0.0932. The van der Waals surface area contributed by atoms with E-state index in [2.05, 4.69) is 31.1 Å². The Hall–Kier alpha value is -2.69. The van der Waals surface area contributed by atoms with Gasteiger partial charge in [-0.05, 0) is 51.3 Å². The zero-order valence-electron chi connectivity index (χ0n) is 15.5. The van der Waals surface area contributed by atoms with Crippen LogP contribution in [0.4, 0.5) is 0 Å². The number of fused-ring (bicyclic) bond motifs is 1. The molecule has 4 rings (SSSR count). The van der Waals surface area contributed by atoms with Gasteiger partial charge in [0.05, 0.1) is 16.7 Å². The van der Waals surface area contributed by atoms with Gasteiger partial charge in [0.2, 0.25) is 0 Å². The van der Waals surface area contributed by atoms with Gasteiger partial charge in [-0.15, -0.1) is 0 Å². The molecular formula is C21H24N4O. The quantitative estimate of drug-likeness (QED) is 0.775. The fourth-order valence-corrected chi connectivity index (χ4v) is 3.23. The molecule has 1 aliphatic rings. The van der Waals surface area contributed by atoms with Gasteiger partial charge < -0.3 is 5.32 Å². The highest BCUT2D eigenvalue weighted by atomic mass is 16.2. The number of hydrogen-bond acceptors (Lipinski definition) is 3. The van der Waals surface area contributed by atoms with Gasteiger partial charge in [-0.2, -0.15) is 5.10 Å². The number of benzene rings is 1. The highest BCUT2D eigenvalue weighted by molar-refractivity contribution is 5.93. The minimum Gasteiger partial charge on any atom is -0.347 e. The maximum absolute atomic E-state index is 12.9. The van der Waals surface area contributed by atoms with E-state index < -0.39 is 0 Å². The number of amides is 1. The second-order valence-electron chi connectivity index (χ2n) is 7.99. The Bertz CT molecular complexity index is 958. The van der Waals surface area contributed by atoms with Gasteiger partial charge in [0.1, 0.15) is 5.69 Å². The van der Waals surface area contributed by atoms with Crippen LogP contribution in [0.5, 0.6) is 0 Å². The molecule has 2 aromatic heterocycles. The summed E-state index contributed by atoms with van der Waals surface area (Å²) in [5.41, 5.74) is 3.38. The average molecular weight is 348 g/mol. The van der Waals surface area contributed by atoms with Crippen molar-refractivity contribution >= 4 is 16.8 Å². The lowest BCUT2D eigenvalue weighted by Gasteiger charge is -2.22. The summed E-state index contributed by atoms with van der Waals surface area (Å²) in [6.45, 7) is 6.66. The van der Waals surface area contributed by atoms with Crippen molar-refractivity contribution in [3.8, 4) is 0 Å². The largest absolute Gasteiger partial charge is 0.347 e. The smallest absolute Gasteiger partial charge is 0.269 e. The number of carbonyl (C=O) groups excluding carboxylic acids is 1. The Labute approximate surface area is 153 Å². The summed E-state index contributed by atoms with van der Waals surface area (Å²) in [6.07, 6.45) is 4.12. The third kappa shape index (κ3) is 3.21. The lowest BCUT2D eigenvalue weighted by Crippen LogP contribution is -2.32.